The molecule has 0 aliphatic heterocycles. The smallest absolute Gasteiger partial charge is 0.338 e. The predicted octanol–water partition coefficient (Wildman–Crippen LogP) is 3.42. The number of urea groups is 1. The molecule has 1 heterocycles. The van der Waals surface area contributed by atoms with Crippen molar-refractivity contribution in [3.05, 3.63) is 88.4 Å². The Morgan fingerprint density at radius 1 is 1.14 bits per heavy atom. The summed E-state index contributed by atoms with van der Waals surface area (Å²) in [4.78, 5) is 23.5. The molecule has 0 aliphatic rings. The third-order valence-electron chi connectivity index (χ3n) is 4.55. The highest BCUT2D eigenvalue weighted by Gasteiger charge is 2.04. The molecular formula is C22H23N3O3. The van der Waals surface area contributed by atoms with Crippen LogP contribution in [0.25, 0.3) is 16.8 Å². The van der Waals surface area contributed by atoms with Crippen molar-refractivity contribution in [1.29, 1.82) is 0 Å². The molecule has 0 aliphatic carbocycles. The predicted molar refractivity (Wildman–Crippen MR) is 110 cm³/mol. The molecule has 0 unspecified atom stereocenters. The summed E-state index contributed by atoms with van der Waals surface area (Å²) in [5, 5.41) is 11.2. The first-order valence-corrected chi connectivity index (χ1v) is 9.14. The van der Waals surface area contributed by atoms with Crippen LogP contribution in [0, 0.1) is 0 Å². The second kappa shape index (κ2) is 9.01. The van der Waals surface area contributed by atoms with Crippen LogP contribution in [0.3, 0.4) is 0 Å². The van der Waals surface area contributed by atoms with Gasteiger partial charge in [0.05, 0.1) is 6.54 Å². The van der Waals surface area contributed by atoms with Gasteiger partial charge in [0.1, 0.15) is 0 Å². The average Bonchev–Trinajstić information content (AvgIpc) is 2.70. The number of aryl methyl sites for hydroxylation is 2. The number of carbonyl (C=O) groups is 1. The third kappa shape index (κ3) is 4.86. The number of pyridine rings is 1. The minimum atomic E-state index is -0.907. The third-order valence-corrected chi connectivity index (χ3v) is 4.55. The van der Waals surface area contributed by atoms with E-state index in [0.717, 1.165) is 23.8 Å². The van der Waals surface area contributed by atoms with Gasteiger partial charge in [0.25, 0.3) is 5.56 Å². The minimum Gasteiger partial charge on any atom is -0.350 e. The van der Waals surface area contributed by atoms with Crippen LogP contribution in [-0.4, -0.2) is 27.4 Å². The van der Waals surface area contributed by atoms with Crippen LogP contribution in [0.1, 0.15) is 17.5 Å². The number of nitrogens with two attached hydrogens (primary N) is 1. The van der Waals surface area contributed by atoms with Gasteiger partial charge < -0.3 is 10.3 Å². The molecule has 3 rings (SSSR count). The van der Waals surface area contributed by atoms with Crippen LogP contribution in [0.2, 0.25) is 0 Å². The lowest BCUT2D eigenvalue weighted by Crippen LogP contribution is -2.32. The molecule has 3 aromatic rings. The van der Waals surface area contributed by atoms with E-state index in [1.807, 2.05) is 42.6 Å². The summed E-state index contributed by atoms with van der Waals surface area (Å²) >= 11 is 0. The highest BCUT2D eigenvalue weighted by molar-refractivity contribution is 5.83. The number of fused-ring (bicyclic) bond motifs is 1. The molecule has 2 aromatic carbocycles. The van der Waals surface area contributed by atoms with Crippen molar-refractivity contribution in [2.45, 2.75) is 19.4 Å². The van der Waals surface area contributed by atoms with Gasteiger partial charge in [0.2, 0.25) is 0 Å². The Morgan fingerprint density at radius 3 is 2.68 bits per heavy atom. The Hall–Kier alpha value is -3.38. The molecule has 0 atom stereocenters. The number of nitrogens with zero attached hydrogens (tertiary/aromatic N) is 2. The molecule has 1 aromatic heterocycles. The standard InChI is InChI=1S/C22H23N3O3/c23-22(27)25(28)14-5-9-18-10-11-20-19(16-18)12-15-24(21(20)26)13-4-8-17-6-2-1-3-7-17/h1-3,5-7,9-12,15-16,28H,4,8,13-14H2,(H2,23,27). The van der Waals surface area contributed by atoms with Gasteiger partial charge in [-0.3, -0.25) is 10.0 Å². The summed E-state index contributed by atoms with van der Waals surface area (Å²) < 4.78 is 1.75. The molecule has 3 N–H and O–H groups in total. The number of benzene rings is 2. The first-order chi connectivity index (χ1) is 13.5. The normalized spacial score (nSPS) is 11.2. The van der Waals surface area contributed by atoms with Crippen molar-refractivity contribution in [3.63, 3.8) is 0 Å². The topological polar surface area (TPSA) is 88.6 Å². The zero-order chi connectivity index (χ0) is 19.9. The van der Waals surface area contributed by atoms with Crippen molar-refractivity contribution in [3.8, 4) is 0 Å². The Morgan fingerprint density at radius 2 is 1.93 bits per heavy atom. The maximum Gasteiger partial charge on any atom is 0.338 e. The van der Waals surface area contributed by atoms with Gasteiger partial charge >= 0.3 is 6.03 Å². The molecule has 0 radical (unpaired) electrons. The molecule has 0 spiro atoms. The van der Waals surface area contributed by atoms with Gasteiger partial charge in [0.15, 0.2) is 0 Å². The zero-order valence-corrected chi connectivity index (χ0v) is 15.5. The van der Waals surface area contributed by atoms with Gasteiger partial charge in [-0.25, -0.2) is 9.86 Å². The van der Waals surface area contributed by atoms with Crippen LogP contribution < -0.4 is 11.3 Å². The molecular weight excluding hydrogens is 354 g/mol. The van der Waals surface area contributed by atoms with Crippen molar-refractivity contribution < 1.29 is 10.0 Å². The van der Waals surface area contributed by atoms with Crippen molar-refractivity contribution in [2.24, 2.45) is 5.73 Å². The van der Waals surface area contributed by atoms with Crippen molar-refractivity contribution in [2.75, 3.05) is 6.54 Å². The Labute approximate surface area is 163 Å². The summed E-state index contributed by atoms with van der Waals surface area (Å²) in [5.74, 6) is 0. The zero-order valence-electron chi connectivity index (χ0n) is 15.5. The minimum absolute atomic E-state index is 0.00338. The maximum absolute atomic E-state index is 12.7. The lowest BCUT2D eigenvalue weighted by Gasteiger charge is -2.09. The number of hydrogen-bond acceptors (Lipinski definition) is 3. The molecule has 0 fully saturated rings. The van der Waals surface area contributed by atoms with E-state index in [1.54, 1.807) is 22.8 Å². The quantitative estimate of drug-likeness (QED) is 0.488. The second-order valence-corrected chi connectivity index (χ2v) is 6.57. The molecule has 144 valence electrons. The van der Waals surface area contributed by atoms with Crippen molar-refractivity contribution >= 4 is 22.9 Å². The van der Waals surface area contributed by atoms with Gasteiger partial charge in [0, 0.05) is 18.1 Å². The highest BCUT2D eigenvalue weighted by atomic mass is 16.5. The van der Waals surface area contributed by atoms with Crippen LogP contribution in [0.15, 0.2) is 71.7 Å². The lowest BCUT2D eigenvalue weighted by atomic mass is 10.1. The highest BCUT2D eigenvalue weighted by Crippen LogP contribution is 2.14. The SMILES string of the molecule is NC(=O)N(O)CC=Cc1ccc2c(=O)n(CCCc3ccccc3)ccc2c1. The molecule has 0 saturated heterocycles. The van der Waals surface area contributed by atoms with Crippen LogP contribution in [0.4, 0.5) is 4.79 Å². The van der Waals surface area contributed by atoms with E-state index in [-0.39, 0.29) is 12.1 Å². The Kier molecular flexibility index (Phi) is 6.24. The van der Waals surface area contributed by atoms with Gasteiger partial charge in [-0.05, 0) is 47.6 Å². The second-order valence-electron chi connectivity index (χ2n) is 6.57. The molecule has 6 nitrogen and oxygen atoms in total. The van der Waals surface area contributed by atoms with E-state index in [4.69, 9.17) is 5.73 Å². The van der Waals surface area contributed by atoms with Gasteiger partial charge in [-0.1, -0.05) is 48.6 Å². The van der Waals surface area contributed by atoms with Crippen LogP contribution in [0.5, 0.6) is 0 Å². The van der Waals surface area contributed by atoms with E-state index < -0.39 is 6.03 Å². The summed E-state index contributed by atoms with van der Waals surface area (Å²) in [6.45, 7) is 0.668. The maximum atomic E-state index is 12.7. The van der Waals surface area contributed by atoms with E-state index in [2.05, 4.69) is 12.1 Å². The summed E-state index contributed by atoms with van der Waals surface area (Å²) in [7, 11) is 0. The van der Waals surface area contributed by atoms with E-state index in [9.17, 15) is 14.8 Å². The van der Waals surface area contributed by atoms with E-state index in [0.29, 0.717) is 17.0 Å². The average molecular weight is 377 g/mol. The first-order valence-electron chi connectivity index (χ1n) is 9.14. The largest absolute Gasteiger partial charge is 0.350 e. The van der Waals surface area contributed by atoms with Gasteiger partial charge in [-0.2, -0.15) is 0 Å². The summed E-state index contributed by atoms with van der Waals surface area (Å²) in [6, 6.07) is 16.8. The fourth-order valence-corrected chi connectivity index (χ4v) is 3.06. The molecule has 28 heavy (non-hydrogen) atoms. The monoisotopic (exact) mass is 377 g/mol. The van der Waals surface area contributed by atoms with Crippen LogP contribution >= 0.6 is 0 Å². The number of hydrogen-bond donors (Lipinski definition) is 2. The fraction of sp³-hybridized carbons (Fsp3) is 0.182. The number of primary amides is 1. The Bertz CT molecular complexity index is 1040. The molecule has 0 bridgehead atoms. The summed E-state index contributed by atoms with van der Waals surface area (Å²) in [6.07, 6.45) is 7.04. The number of carbonyl (C=O) groups excluding carboxylic acids is 1. The van der Waals surface area contributed by atoms with E-state index >= 15 is 0 Å². The molecule has 6 heteroatoms. The number of amides is 2. The fourth-order valence-electron chi connectivity index (χ4n) is 3.06. The Balaban J connectivity index is 1.69. The number of rotatable bonds is 7. The molecule has 2 amide bonds. The summed E-state index contributed by atoms with van der Waals surface area (Å²) in [5.41, 5.74) is 7.09. The van der Waals surface area contributed by atoms with Crippen molar-refractivity contribution in [1.82, 2.24) is 9.63 Å². The first kappa shape index (κ1) is 19.4. The van der Waals surface area contributed by atoms with E-state index in [1.165, 1.54) is 5.56 Å². The van der Waals surface area contributed by atoms with Gasteiger partial charge in [-0.15, -0.1) is 0 Å². The molecule has 0 saturated carbocycles. The number of aromatic nitrogens is 1. The lowest BCUT2D eigenvalue weighted by molar-refractivity contribution is -0.0286. The van der Waals surface area contributed by atoms with Crippen LogP contribution in [-0.2, 0) is 13.0 Å². The number of hydroxylamine groups is 2.